The zero-order chi connectivity index (χ0) is 20.0. The summed E-state index contributed by atoms with van der Waals surface area (Å²) >= 11 is 0. The smallest absolute Gasteiger partial charge is 0.285 e. The molecule has 8 heteroatoms. The van der Waals surface area contributed by atoms with Crippen molar-refractivity contribution in [1.82, 2.24) is 24.8 Å². The SMILES string of the molecule is Cc1cc2ncc(C(=O)N[C@H]3C[C@H]4CO[C@@H](c5ccccc5)CN4C3)c(=O)n2[nH]1. The average Bonchev–Trinajstić information content (AvgIpc) is 3.30. The fourth-order valence-electron chi connectivity index (χ4n) is 4.35. The molecule has 2 aliphatic rings. The summed E-state index contributed by atoms with van der Waals surface area (Å²) in [4.78, 5) is 31.9. The summed E-state index contributed by atoms with van der Waals surface area (Å²) in [5.74, 6) is -0.380. The van der Waals surface area contributed by atoms with E-state index >= 15 is 0 Å². The number of nitrogens with zero attached hydrogens (tertiary/aromatic N) is 3. The highest BCUT2D eigenvalue weighted by Gasteiger charge is 2.38. The van der Waals surface area contributed by atoms with E-state index < -0.39 is 0 Å². The van der Waals surface area contributed by atoms with Crippen molar-refractivity contribution in [2.75, 3.05) is 19.7 Å². The van der Waals surface area contributed by atoms with E-state index in [2.05, 4.69) is 32.4 Å². The van der Waals surface area contributed by atoms with E-state index in [-0.39, 0.29) is 35.2 Å². The molecular formula is C21H23N5O3. The molecule has 5 rings (SSSR count). The largest absolute Gasteiger partial charge is 0.371 e. The maximum absolute atomic E-state index is 12.7. The molecule has 2 aromatic heterocycles. The summed E-state index contributed by atoms with van der Waals surface area (Å²) in [6.45, 7) is 4.04. The minimum atomic E-state index is -0.385. The number of aryl methyl sites for hydroxylation is 1. The maximum atomic E-state index is 12.7. The number of morpholine rings is 1. The zero-order valence-electron chi connectivity index (χ0n) is 16.2. The first-order chi connectivity index (χ1) is 14.1. The number of aromatic nitrogens is 3. The van der Waals surface area contributed by atoms with Crippen molar-refractivity contribution in [1.29, 1.82) is 0 Å². The molecule has 2 fully saturated rings. The Kier molecular flexibility index (Phi) is 4.44. The van der Waals surface area contributed by atoms with Gasteiger partial charge in [0, 0.05) is 43.1 Å². The van der Waals surface area contributed by atoms with Gasteiger partial charge in [0.15, 0.2) is 5.65 Å². The van der Waals surface area contributed by atoms with Crippen LogP contribution in [0.3, 0.4) is 0 Å². The first kappa shape index (κ1) is 18.1. The Morgan fingerprint density at radius 3 is 2.93 bits per heavy atom. The van der Waals surface area contributed by atoms with Crippen LogP contribution in [0.15, 0.2) is 47.4 Å². The van der Waals surface area contributed by atoms with E-state index in [0.29, 0.717) is 12.3 Å². The fraction of sp³-hybridized carbons (Fsp3) is 0.381. The highest BCUT2D eigenvalue weighted by atomic mass is 16.5. The molecule has 3 aromatic rings. The lowest BCUT2D eigenvalue weighted by Gasteiger charge is -2.35. The standard InChI is InChI=1S/C21H23N5O3/c1-13-7-19-22-9-17(21(28)26(19)24-13)20(27)23-15-8-16-12-29-18(11-25(16)10-15)14-5-3-2-4-6-14/h2-7,9,15-16,18,24H,8,10-12H2,1H3,(H,23,27)/t15-,16-,18+/m0/s1. The van der Waals surface area contributed by atoms with E-state index in [1.165, 1.54) is 16.3 Å². The van der Waals surface area contributed by atoms with Crippen LogP contribution in [-0.4, -0.2) is 57.2 Å². The lowest BCUT2D eigenvalue weighted by Crippen LogP contribution is -2.43. The van der Waals surface area contributed by atoms with Crippen molar-refractivity contribution < 1.29 is 9.53 Å². The number of amides is 1. The number of aromatic amines is 1. The molecule has 29 heavy (non-hydrogen) atoms. The van der Waals surface area contributed by atoms with Crippen LogP contribution < -0.4 is 10.9 Å². The van der Waals surface area contributed by atoms with Crippen LogP contribution in [0.5, 0.6) is 0 Å². The first-order valence-corrected chi connectivity index (χ1v) is 9.87. The summed E-state index contributed by atoms with van der Waals surface area (Å²) in [7, 11) is 0. The van der Waals surface area contributed by atoms with Gasteiger partial charge in [-0.3, -0.25) is 19.6 Å². The van der Waals surface area contributed by atoms with Crippen LogP contribution in [0.2, 0.25) is 0 Å². The van der Waals surface area contributed by atoms with Crippen molar-refractivity contribution in [2.24, 2.45) is 0 Å². The number of rotatable bonds is 3. The average molecular weight is 393 g/mol. The summed E-state index contributed by atoms with van der Waals surface area (Å²) in [6, 6.07) is 12.2. The number of carbonyl (C=O) groups excluding carboxylic acids is 1. The van der Waals surface area contributed by atoms with Gasteiger partial charge in [0.25, 0.3) is 11.5 Å². The second-order valence-corrected chi connectivity index (χ2v) is 7.86. The van der Waals surface area contributed by atoms with Crippen LogP contribution in [0, 0.1) is 6.92 Å². The van der Waals surface area contributed by atoms with Crippen molar-refractivity contribution in [2.45, 2.75) is 31.5 Å². The van der Waals surface area contributed by atoms with Gasteiger partial charge in [-0.2, -0.15) is 0 Å². The van der Waals surface area contributed by atoms with Gasteiger partial charge in [-0.05, 0) is 18.9 Å². The minimum Gasteiger partial charge on any atom is -0.371 e. The van der Waals surface area contributed by atoms with Gasteiger partial charge in [0.05, 0.1) is 12.7 Å². The molecule has 0 bridgehead atoms. The second-order valence-electron chi connectivity index (χ2n) is 7.86. The van der Waals surface area contributed by atoms with Crippen molar-refractivity contribution in [3.63, 3.8) is 0 Å². The molecule has 0 unspecified atom stereocenters. The molecule has 1 amide bonds. The predicted molar refractivity (Wildman–Crippen MR) is 107 cm³/mol. The number of ether oxygens (including phenoxy) is 1. The summed E-state index contributed by atoms with van der Waals surface area (Å²) in [6.07, 6.45) is 2.22. The molecular weight excluding hydrogens is 370 g/mol. The van der Waals surface area contributed by atoms with Crippen LogP contribution in [0.4, 0.5) is 0 Å². The van der Waals surface area contributed by atoms with Crippen LogP contribution in [0.25, 0.3) is 5.65 Å². The van der Waals surface area contributed by atoms with Gasteiger partial charge in [-0.15, -0.1) is 0 Å². The van der Waals surface area contributed by atoms with Crippen LogP contribution in [0.1, 0.15) is 34.1 Å². The number of hydrogen-bond donors (Lipinski definition) is 2. The van der Waals surface area contributed by atoms with Crippen molar-refractivity contribution in [3.8, 4) is 0 Å². The number of benzene rings is 1. The summed E-state index contributed by atoms with van der Waals surface area (Å²) in [5, 5.41) is 5.93. The molecule has 3 atom stereocenters. The number of H-pyrrole nitrogens is 1. The Labute approximate surface area is 167 Å². The number of carbonyl (C=O) groups is 1. The number of nitrogens with one attached hydrogen (secondary N) is 2. The maximum Gasteiger partial charge on any atom is 0.285 e. The zero-order valence-corrected chi connectivity index (χ0v) is 16.2. The molecule has 1 aromatic carbocycles. The fourth-order valence-corrected chi connectivity index (χ4v) is 4.35. The molecule has 2 N–H and O–H groups in total. The molecule has 150 valence electrons. The van der Waals surface area contributed by atoms with Crippen molar-refractivity contribution >= 4 is 11.6 Å². The van der Waals surface area contributed by atoms with E-state index in [4.69, 9.17) is 4.74 Å². The third kappa shape index (κ3) is 3.34. The Bertz CT molecular complexity index is 1110. The van der Waals surface area contributed by atoms with Crippen LogP contribution >= 0.6 is 0 Å². The van der Waals surface area contributed by atoms with Gasteiger partial charge >= 0.3 is 0 Å². The number of fused-ring (bicyclic) bond motifs is 2. The van der Waals surface area contributed by atoms with Gasteiger partial charge in [-0.1, -0.05) is 30.3 Å². The predicted octanol–water partition coefficient (Wildman–Crippen LogP) is 1.28. The molecule has 4 heterocycles. The van der Waals surface area contributed by atoms with E-state index in [1.54, 1.807) is 6.07 Å². The first-order valence-electron chi connectivity index (χ1n) is 9.87. The topological polar surface area (TPSA) is 91.7 Å². The summed E-state index contributed by atoms with van der Waals surface area (Å²) < 4.78 is 7.37. The quantitative estimate of drug-likeness (QED) is 0.699. The minimum absolute atomic E-state index is 0.0175. The molecule has 0 spiro atoms. The molecule has 2 saturated heterocycles. The lowest BCUT2D eigenvalue weighted by atomic mass is 10.1. The highest BCUT2D eigenvalue weighted by molar-refractivity contribution is 5.94. The second kappa shape index (κ2) is 7.13. The van der Waals surface area contributed by atoms with E-state index in [0.717, 1.165) is 25.2 Å². The lowest BCUT2D eigenvalue weighted by molar-refractivity contribution is -0.0502. The number of hydrogen-bond acceptors (Lipinski definition) is 5. The Balaban J connectivity index is 1.27. The van der Waals surface area contributed by atoms with Gasteiger partial charge in [0.1, 0.15) is 5.56 Å². The Morgan fingerprint density at radius 1 is 1.28 bits per heavy atom. The monoisotopic (exact) mass is 393 g/mol. The third-order valence-electron chi connectivity index (χ3n) is 5.79. The van der Waals surface area contributed by atoms with Crippen molar-refractivity contribution in [3.05, 3.63) is 69.8 Å². The Morgan fingerprint density at radius 2 is 2.10 bits per heavy atom. The summed E-state index contributed by atoms with van der Waals surface area (Å²) in [5.41, 5.74) is 2.16. The van der Waals surface area contributed by atoms with Gasteiger partial charge < -0.3 is 10.1 Å². The molecule has 0 aliphatic carbocycles. The molecule has 8 nitrogen and oxygen atoms in total. The van der Waals surface area contributed by atoms with Crippen LogP contribution in [-0.2, 0) is 4.74 Å². The highest BCUT2D eigenvalue weighted by Crippen LogP contribution is 2.30. The van der Waals surface area contributed by atoms with Gasteiger partial charge in [0.2, 0.25) is 0 Å². The molecule has 0 radical (unpaired) electrons. The normalized spacial score (nSPS) is 24.5. The molecule has 2 aliphatic heterocycles. The molecule has 0 saturated carbocycles. The van der Waals surface area contributed by atoms with Gasteiger partial charge in [-0.25, -0.2) is 9.50 Å². The third-order valence-corrected chi connectivity index (χ3v) is 5.79. The Hall–Kier alpha value is -2.97. The van der Waals surface area contributed by atoms with E-state index in [9.17, 15) is 9.59 Å². The van der Waals surface area contributed by atoms with E-state index in [1.807, 2.05) is 25.1 Å².